The van der Waals surface area contributed by atoms with Crippen LogP contribution in [0.25, 0.3) is 5.69 Å². The smallest absolute Gasteiger partial charge is 0.260 e. The summed E-state index contributed by atoms with van der Waals surface area (Å²) in [7, 11) is 1.49. The quantitative estimate of drug-likeness (QED) is 0.131. The van der Waals surface area contributed by atoms with Crippen molar-refractivity contribution >= 4 is 11.5 Å². The van der Waals surface area contributed by atoms with Gasteiger partial charge in [0.05, 0.1) is 36.4 Å². The van der Waals surface area contributed by atoms with Crippen LogP contribution in [-0.4, -0.2) is 43.2 Å². The first-order chi connectivity index (χ1) is 17.8. The van der Waals surface area contributed by atoms with E-state index in [2.05, 4.69) is 10.1 Å². The van der Waals surface area contributed by atoms with Crippen molar-refractivity contribution in [2.75, 3.05) is 7.11 Å². The van der Waals surface area contributed by atoms with Gasteiger partial charge in [-0.1, -0.05) is 23.4 Å². The van der Waals surface area contributed by atoms with E-state index >= 15 is 0 Å². The molecule has 4 aromatic rings. The fourth-order valence-electron chi connectivity index (χ4n) is 4.02. The Bertz CT molecular complexity index is 1540. The molecule has 0 aliphatic rings. The van der Waals surface area contributed by atoms with E-state index in [9.17, 15) is 19.6 Å². The van der Waals surface area contributed by atoms with Crippen molar-refractivity contribution in [2.45, 2.75) is 19.9 Å². The Hall–Kier alpha value is -4.77. The molecule has 4 N–H and O–H groups in total. The summed E-state index contributed by atoms with van der Waals surface area (Å²) in [5, 5.41) is 30.8. The highest BCUT2D eigenvalue weighted by atomic mass is 19.1. The lowest BCUT2D eigenvalue weighted by Gasteiger charge is -2.19. The molecule has 0 aliphatic carbocycles. The second-order valence-electron chi connectivity index (χ2n) is 8.33. The zero-order valence-electron chi connectivity index (χ0n) is 20.3. The molecule has 0 spiro atoms. The van der Waals surface area contributed by atoms with Gasteiger partial charge in [0.25, 0.3) is 5.56 Å². The van der Waals surface area contributed by atoms with Crippen LogP contribution in [0.15, 0.2) is 77.2 Å². The zero-order chi connectivity index (χ0) is 26.7. The van der Waals surface area contributed by atoms with Crippen LogP contribution in [0.2, 0.25) is 0 Å². The Morgan fingerprint density at radius 3 is 2.49 bits per heavy atom. The van der Waals surface area contributed by atoms with E-state index < -0.39 is 17.4 Å². The Balaban J connectivity index is 1.86. The SMILES string of the molecule is COc1cc(/C(=N\O)c2cc(C(=N)NO)cn([C@@H](C)c3ccc(F)cc3)c2=O)ccc1-n1cnc(C)c1. The third-order valence-corrected chi connectivity index (χ3v) is 6.01. The van der Waals surface area contributed by atoms with Gasteiger partial charge < -0.3 is 19.1 Å². The molecule has 0 bridgehead atoms. The number of halogens is 1. The largest absolute Gasteiger partial charge is 0.495 e. The van der Waals surface area contributed by atoms with E-state index in [4.69, 9.17) is 10.1 Å². The van der Waals surface area contributed by atoms with Crippen LogP contribution >= 0.6 is 0 Å². The molecule has 2 heterocycles. The number of hydroxylamine groups is 1. The molecule has 2 aromatic heterocycles. The minimum Gasteiger partial charge on any atom is -0.495 e. The molecule has 0 fully saturated rings. The van der Waals surface area contributed by atoms with Crippen LogP contribution in [0, 0.1) is 18.2 Å². The number of oxime groups is 1. The zero-order valence-corrected chi connectivity index (χ0v) is 20.3. The number of nitrogens with zero attached hydrogens (tertiary/aromatic N) is 4. The predicted octanol–water partition coefficient (Wildman–Crippen LogP) is 3.63. The summed E-state index contributed by atoms with van der Waals surface area (Å²) < 4.78 is 22.1. The van der Waals surface area contributed by atoms with Crippen molar-refractivity contribution in [1.29, 1.82) is 5.41 Å². The summed E-state index contributed by atoms with van der Waals surface area (Å²) >= 11 is 0. The number of hydrogen-bond acceptors (Lipinski definition) is 7. The molecule has 0 amide bonds. The normalized spacial score (nSPS) is 12.3. The van der Waals surface area contributed by atoms with Crippen molar-refractivity contribution in [3.05, 3.63) is 111 Å². The lowest BCUT2D eigenvalue weighted by atomic mass is 10.00. The Labute approximate surface area is 211 Å². The summed E-state index contributed by atoms with van der Waals surface area (Å²) in [6.07, 6.45) is 4.86. The standard InChI is InChI=1S/C26H25FN6O4/c1-15-12-32(14-29-15)22-9-6-18(11-23(22)37-3)24(30-35)21-10-19(25(28)31-36)13-33(26(21)34)16(2)17-4-7-20(27)8-5-17/h4-14,16,35-36H,1-3H3,(H2,28,31)/b30-24+/t16-/m0/s1. The molecule has 11 heteroatoms. The number of hydrogen-bond donors (Lipinski definition) is 4. The first kappa shape index (κ1) is 25.3. The van der Waals surface area contributed by atoms with Gasteiger partial charge in [-0.05, 0) is 49.7 Å². The van der Waals surface area contributed by atoms with Gasteiger partial charge in [-0.3, -0.25) is 20.9 Å². The van der Waals surface area contributed by atoms with Crippen LogP contribution in [0.4, 0.5) is 4.39 Å². The Kier molecular flexibility index (Phi) is 7.16. The molecule has 0 unspecified atom stereocenters. The molecule has 0 saturated carbocycles. The van der Waals surface area contributed by atoms with Crippen molar-refractivity contribution in [1.82, 2.24) is 19.6 Å². The maximum absolute atomic E-state index is 13.6. The number of imidazole rings is 1. The molecule has 0 saturated heterocycles. The second-order valence-corrected chi connectivity index (χ2v) is 8.33. The van der Waals surface area contributed by atoms with Crippen molar-refractivity contribution in [3.63, 3.8) is 0 Å². The number of rotatable bonds is 7. The highest BCUT2D eigenvalue weighted by Crippen LogP contribution is 2.26. The van der Waals surface area contributed by atoms with Gasteiger partial charge in [0.1, 0.15) is 17.3 Å². The van der Waals surface area contributed by atoms with Gasteiger partial charge in [0, 0.05) is 23.5 Å². The van der Waals surface area contributed by atoms with Gasteiger partial charge in [0.2, 0.25) is 0 Å². The van der Waals surface area contributed by atoms with Crippen LogP contribution in [-0.2, 0) is 0 Å². The molecule has 2 aromatic carbocycles. The van der Waals surface area contributed by atoms with Crippen LogP contribution in [0.3, 0.4) is 0 Å². The fraction of sp³-hybridized carbons (Fsp3) is 0.154. The monoisotopic (exact) mass is 504 g/mol. The van der Waals surface area contributed by atoms with Gasteiger partial charge in [-0.15, -0.1) is 0 Å². The summed E-state index contributed by atoms with van der Waals surface area (Å²) in [4.78, 5) is 17.9. The van der Waals surface area contributed by atoms with Gasteiger partial charge in [-0.25, -0.2) is 9.37 Å². The van der Waals surface area contributed by atoms with Crippen molar-refractivity contribution in [3.8, 4) is 11.4 Å². The molecule has 1 atom stereocenters. The molecule has 10 nitrogen and oxygen atoms in total. The van der Waals surface area contributed by atoms with Crippen LogP contribution in [0.5, 0.6) is 5.75 Å². The van der Waals surface area contributed by atoms with E-state index in [1.165, 1.54) is 36.1 Å². The van der Waals surface area contributed by atoms with Gasteiger partial charge in [0.15, 0.2) is 5.84 Å². The first-order valence-corrected chi connectivity index (χ1v) is 11.2. The number of pyridine rings is 1. The summed E-state index contributed by atoms with van der Waals surface area (Å²) in [5.74, 6) is -0.346. The highest BCUT2D eigenvalue weighted by Gasteiger charge is 2.21. The number of aromatic nitrogens is 3. The highest BCUT2D eigenvalue weighted by molar-refractivity contribution is 6.13. The molecular weight excluding hydrogens is 479 g/mol. The number of amidine groups is 1. The minimum absolute atomic E-state index is 0.0257. The molecule has 0 radical (unpaired) electrons. The van der Waals surface area contributed by atoms with E-state index in [0.29, 0.717) is 22.6 Å². The van der Waals surface area contributed by atoms with Gasteiger partial charge >= 0.3 is 0 Å². The topological polar surface area (TPSA) is 138 Å². The number of nitrogens with one attached hydrogen (secondary N) is 2. The number of aryl methyl sites for hydroxylation is 1. The lowest BCUT2D eigenvalue weighted by molar-refractivity contribution is 0.234. The van der Waals surface area contributed by atoms with Crippen LogP contribution in [0.1, 0.15) is 40.9 Å². The third-order valence-electron chi connectivity index (χ3n) is 6.01. The molecule has 0 aliphatic heterocycles. The number of ether oxygens (including phenoxy) is 1. The number of benzene rings is 2. The average Bonchev–Trinajstić information content (AvgIpc) is 3.35. The van der Waals surface area contributed by atoms with Crippen molar-refractivity contribution < 1.29 is 19.5 Å². The summed E-state index contributed by atoms with van der Waals surface area (Å²) in [5.41, 5.74) is 3.83. The molecule has 190 valence electrons. The molecular formula is C26H25FN6O4. The van der Waals surface area contributed by atoms with Crippen LogP contribution < -0.4 is 15.8 Å². The van der Waals surface area contributed by atoms with E-state index in [1.807, 2.05) is 13.1 Å². The summed E-state index contributed by atoms with van der Waals surface area (Å²) in [6, 6.07) is 11.5. The predicted molar refractivity (Wildman–Crippen MR) is 135 cm³/mol. The minimum atomic E-state index is -0.570. The average molecular weight is 505 g/mol. The molecule has 37 heavy (non-hydrogen) atoms. The van der Waals surface area contributed by atoms with Crippen molar-refractivity contribution in [2.24, 2.45) is 5.16 Å². The maximum atomic E-state index is 13.6. The first-order valence-electron chi connectivity index (χ1n) is 11.2. The third kappa shape index (κ3) is 4.98. The Morgan fingerprint density at radius 2 is 1.89 bits per heavy atom. The molecule has 4 rings (SSSR count). The maximum Gasteiger partial charge on any atom is 0.260 e. The Morgan fingerprint density at radius 1 is 1.16 bits per heavy atom. The van der Waals surface area contributed by atoms with E-state index in [1.54, 1.807) is 53.6 Å². The van der Waals surface area contributed by atoms with E-state index in [-0.39, 0.29) is 22.7 Å². The fourth-order valence-corrected chi connectivity index (χ4v) is 4.02. The number of methoxy groups -OCH3 is 1. The summed E-state index contributed by atoms with van der Waals surface area (Å²) in [6.45, 7) is 3.59. The second kappa shape index (κ2) is 10.5. The lowest BCUT2D eigenvalue weighted by Crippen LogP contribution is -2.32. The van der Waals surface area contributed by atoms with Gasteiger partial charge in [-0.2, -0.15) is 0 Å². The van der Waals surface area contributed by atoms with E-state index in [0.717, 1.165) is 5.69 Å².